The van der Waals surface area contributed by atoms with Crippen molar-refractivity contribution in [3.63, 3.8) is 0 Å². The van der Waals surface area contributed by atoms with Crippen LogP contribution in [-0.2, 0) is 22.6 Å². The van der Waals surface area contributed by atoms with Crippen molar-refractivity contribution in [2.75, 3.05) is 19.7 Å². The summed E-state index contributed by atoms with van der Waals surface area (Å²) >= 11 is 0. The van der Waals surface area contributed by atoms with Gasteiger partial charge in [0.05, 0.1) is 17.7 Å². The highest BCUT2D eigenvalue weighted by atomic mass is 19.1. The second kappa shape index (κ2) is 9.13. The molecule has 0 bridgehead atoms. The second-order valence-electron chi connectivity index (χ2n) is 7.52. The molecule has 0 spiro atoms. The maximum absolute atomic E-state index is 14.9. The summed E-state index contributed by atoms with van der Waals surface area (Å²) in [5.74, 6) is -0.368. The highest BCUT2D eigenvalue weighted by Gasteiger charge is 2.25. The van der Waals surface area contributed by atoms with Crippen LogP contribution in [0.25, 0.3) is 11.1 Å². The van der Waals surface area contributed by atoms with Crippen LogP contribution in [0.2, 0.25) is 0 Å². The van der Waals surface area contributed by atoms with Crippen molar-refractivity contribution in [3.05, 3.63) is 52.8 Å². The normalized spacial score (nSPS) is 18.2. The van der Waals surface area contributed by atoms with Gasteiger partial charge >= 0.3 is 0 Å². The van der Waals surface area contributed by atoms with E-state index in [0.29, 0.717) is 30.0 Å². The van der Waals surface area contributed by atoms with Crippen molar-refractivity contribution in [2.45, 2.75) is 31.6 Å². The Morgan fingerprint density at radius 2 is 2.16 bits per heavy atom. The second-order valence-corrected chi connectivity index (χ2v) is 7.52. The summed E-state index contributed by atoms with van der Waals surface area (Å²) in [7, 11) is 0. The van der Waals surface area contributed by atoms with E-state index in [2.05, 4.69) is 16.7 Å². The predicted molar refractivity (Wildman–Crippen MR) is 109 cm³/mol. The number of nitrogens with zero attached hydrogens (tertiary/aromatic N) is 2. The molecule has 0 aliphatic carbocycles. The fourth-order valence-electron chi connectivity index (χ4n) is 3.78. The molecule has 1 fully saturated rings. The highest BCUT2D eigenvalue weighted by molar-refractivity contribution is 5.82. The number of rotatable bonds is 4. The first kappa shape index (κ1) is 20.8. The van der Waals surface area contributed by atoms with Gasteiger partial charge in [0, 0.05) is 25.1 Å². The van der Waals surface area contributed by atoms with Crippen molar-refractivity contribution >= 4 is 5.91 Å². The largest absolute Gasteiger partial charge is 0.488 e. The summed E-state index contributed by atoms with van der Waals surface area (Å²) in [4.78, 5) is 12.4. The van der Waals surface area contributed by atoms with Crippen LogP contribution in [0.15, 0.2) is 30.3 Å². The quantitative estimate of drug-likeness (QED) is 0.785. The van der Waals surface area contributed by atoms with Gasteiger partial charge in [-0.1, -0.05) is 6.07 Å². The van der Waals surface area contributed by atoms with E-state index >= 15 is 0 Å². The molecule has 7 nitrogen and oxygen atoms in total. The molecule has 0 radical (unpaired) electrons. The molecule has 0 aromatic heterocycles. The lowest BCUT2D eigenvalue weighted by atomic mass is 9.93. The zero-order valence-corrected chi connectivity index (χ0v) is 16.8. The van der Waals surface area contributed by atoms with Crippen molar-refractivity contribution < 1.29 is 18.7 Å². The molecule has 0 unspecified atom stereocenters. The number of nitrogens with one attached hydrogen (secondary N) is 2. The third-order valence-electron chi connectivity index (χ3n) is 5.39. The van der Waals surface area contributed by atoms with Crippen molar-refractivity contribution in [2.24, 2.45) is 0 Å². The Kier molecular flexibility index (Phi) is 6.13. The van der Waals surface area contributed by atoms with Crippen LogP contribution in [0.3, 0.4) is 0 Å². The van der Waals surface area contributed by atoms with Crippen LogP contribution in [-0.4, -0.2) is 37.7 Å². The van der Waals surface area contributed by atoms with E-state index in [1.165, 1.54) is 6.07 Å². The van der Waals surface area contributed by atoms with Gasteiger partial charge in [0.2, 0.25) is 0 Å². The van der Waals surface area contributed by atoms with Crippen LogP contribution in [0.1, 0.15) is 23.1 Å². The minimum atomic E-state index is -0.902. The first-order valence-electron chi connectivity index (χ1n) is 10.1. The van der Waals surface area contributed by atoms with Gasteiger partial charge in [-0.25, -0.2) is 4.39 Å². The Morgan fingerprint density at radius 1 is 1.29 bits per heavy atom. The van der Waals surface area contributed by atoms with Crippen LogP contribution in [0.5, 0.6) is 5.75 Å². The number of ether oxygens (including phenoxy) is 2. The van der Waals surface area contributed by atoms with E-state index in [1.54, 1.807) is 24.3 Å². The summed E-state index contributed by atoms with van der Waals surface area (Å²) < 4.78 is 26.2. The average molecular weight is 420 g/mol. The number of hydrogen-bond acceptors (Lipinski definition) is 6. The monoisotopic (exact) mass is 420 g/mol. The number of benzene rings is 2. The molecule has 8 heteroatoms. The standard InChI is InChI=1S/C23H21FN4O3/c24-20-9-19-18-3-2-14(10-25)6-16(18)13-31-21(19)8-15(20)7-17(11-26)28-23(29)22-12-27-4-1-5-30-22/h2-3,6,8-9,17,22,27H,1,4-5,7,12-13H2,(H,28,29)/t17-,22-/m0/s1. The summed E-state index contributed by atoms with van der Waals surface area (Å²) in [6.07, 6.45) is 0.141. The van der Waals surface area contributed by atoms with Gasteiger partial charge in [-0.15, -0.1) is 0 Å². The Labute approximate surface area is 179 Å². The summed E-state index contributed by atoms with van der Waals surface area (Å²) in [5, 5.41) is 24.3. The molecule has 158 valence electrons. The lowest BCUT2D eigenvalue weighted by Gasteiger charge is -2.23. The third kappa shape index (κ3) is 4.51. The number of carbonyl (C=O) groups excluding carboxylic acids is 1. The van der Waals surface area contributed by atoms with Crippen LogP contribution < -0.4 is 15.4 Å². The SMILES string of the molecule is N#Cc1ccc2c(c1)COc1cc(C[C@@H](C#N)NC(=O)[C@@H]3CNCCCO3)c(F)cc1-2. The minimum absolute atomic E-state index is 0.00505. The number of carbonyl (C=O) groups is 1. The van der Waals surface area contributed by atoms with E-state index < -0.39 is 23.9 Å². The Hall–Kier alpha value is -3.46. The molecule has 2 heterocycles. The maximum Gasteiger partial charge on any atom is 0.251 e. The Bertz CT molecular complexity index is 1080. The predicted octanol–water partition coefficient (Wildman–Crippen LogP) is 2.19. The minimum Gasteiger partial charge on any atom is -0.488 e. The highest BCUT2D eigenvalue weighted by Crippen LogP contribution is 2.39. The van der Waals surface area contributed by atoms with E-state index in [4.69, 9.17) is 14.7 Å². The third-order valence-corrected chi connectivity index (χ3v) is 5.39. The summed E-state index contributed by atoms with van der Waals surface area (Å²) in [6, 6.07) is 11.4. The zero-order chi connectivity index (χ0) is 21.8. The van der Waals surface area contributed by atoms with E-state index in [-0.39, 0.29) is 18.6 Å². The first-order chi connectivity index (χ1) is 15.1. The van der Waals surface area contributed by atoms with Gasteiger partial charge in [0.15, 0.2) is 0 Å². The number of fused-ring (bicyclic) bond motifs is 3. The van der Waals surface area contributed by atoms with Gasteiger partial charge in [-0.2, -0.15) is 10.5 Å². The number of amides is 1. The molecule has 2 aliphatic rings. The molecule has 4 rings (SSSR count). The lowest BCUT2D eigenvalue weighted by molar-refractivity contribution is -0.132. The van der Waals surface area contributed by atoms with Crippen molar-refractivity contribution in [1.29, 1.82) is 10.5 Å². The smallest absolute Gasteiger partial charge is 0.251 e. The van der Waals surface area contributed by atoms with Crippen molar-refractivity contribution in [1.82, 2.24) is 10.6 Å². The Balaban J connectivity index is 1.52. The molecule has 31 heavy (non-hydrogen) atoms. The van der Waals surface area contributed by atoms with E-state index in [9.17, 15) is 14.4 Å². The summed E-state index contributed by atoms with van der Waals surface area (Å²) in [6.45, 7) is 1.88. The average Bonchev–Trinajstić information content (AvgIpc) is 3.08. The molecular formula is C23H21FN4O3. The number of nitriles is 2. The van der Waals surface area contributed by atoms with Crippen LogP contribution in [0.4, 0.5) is 4.39 Å². The van der Waals surface area contributed by atoms with Gasteiger partial charge in [0.1, 0.15) is 30.3 Å². The van der Waals surface area contributed by atoms with Crippen molar-refractivity contribution in [3.8, 4) is 29.0 Å². The fourth-order valence-corrected chi connectivity index (χ4v) is 3.78. The van der Waals surface area contributed by atoms with E-state index in [0.717, 1.165) is 24.1 Å². The molecular weight excluding hydrogens is 399 g/mol. The number of hydrogen-bond donors (Lipinski definition) is 2. The zero-order valence-electron chi connectivity index (χ0n) is 16.8. The molecule has 0 saturated carbocycles. The van der Waals surface area contributed by atoms with Gasteiger partial charge in [0.25, 0.3) is 5.91 Å². The lowest BCUT2D eigenvalue weighted by Crippen LogP contribution is -2.46. The Morgan fingerprint density at radius 3 is 2.97 bits per heavy atom. The van der Waals surface area contributed by atoms with Gasteiger partial charge in [-0.05, 0) is 53.9 Å². The molecule has 2 aliphatic heterocycles. The molecule has 1 amide bonds. The summed E-state index contributed by atoms with van der Waals surface area (Å²) in [5.41, 5.74) is 3.03. The number of halogens is 1. The first-order valence-corrected chi connectivity index (χ1v) is 10.1. The molecule has 2 aromatic rings. The maximum atomic E-state index is 14.9. The van der Waals surface area contributed by atoms with Gasteiger partial charge < -0.3 is 20.1 Å². The van der Waals surface area contributed by atoms with Crippen LogP contribution >= 0.6 is 0 Å². The molecule has 1 saturated heterocycles. The fraction of sp³-hybridized carbons (Fsp3) is 0.348. The molecule has 2 atom stereocenters. The van der Waals surface area contributed by atoms with Gasteiger partial charge in [-0.3, -0.25) is 4.79 Å². The molecule has 2 aromatic carbocycles. The van der Waals surface area contributed by atoms with Crippen LogP contribution in [0, 0.1) is 28.5 Å². The molecule has 2 N–H and O–H groups in total. The topological polar surface area (TPSA) is 107 Å². The van der Waals surface area contributed by atoms with E-state index in [1.807, 2.05) is 6.07 Å².